The summed E-state index contributed by atoms with van der Waals surface area (Å²) < 4.78 is 9.01. The van der Waals surface area contributed by atoms with Crippen LogP contribution in [0.2, 0.25) is 0 Å². The normalized spacial score (nSPS) is 11.6. The Morgan fingerprint density at radius 2 is 0.900 bits per heavy atom. The maximum atomic E-state index is 6.42. The minimum Gasteiger partial charge on any atom is -0.455 e. The molecule has 0 aliphatic heterocycles. The van der Waals surface area contributed by atoms with Crippen LogP contribution >= 0.6 is 11.3 Å². The van der Waals surface area contributed by atoms with E-state index >= 15 is 0 Å². The Morgan fingerprint density at radius 1 is 0.360 bits per heavy atom. The molecular formula is C45H27N3OS. The molecule has 0 unspecified atom stereocenters. The molecule has 0 amide bonds. The molecule has 0 fully saturated rings. The van der Waals surface area contributed by atoms with Crippen molar-refractivity contribution in [2.45, 2.75) is 0 Å². The fraction of sp³-hybridized carbons (Fsp3) is 0. The van der Waals surface area contributed by atoms with Crippen LogP contribution in [0.4, 0.5) is 0 Å². The van der Waals surface area contributed by atoms with Gasteiger partial charge in [-0.25, -0.2) is 15.0 Å². The maximum absolute atomic E-state index is 6.42. The zero-order valence-electron chi connectivity index (χ0n) is 26.7. The van der Waals surface area contributed by atoms with Gasteiger partial charge in [-0.15, -0.1) is 11.3 Å². The quantitative estimate of drug-likeness (QED) is 0.185. The predicted molar refractivity (Wildman–Crippen MR) is 207 cm³/mol. The van der Waals surface area contributed by atoms with E-state index in [0.717, 1.165) is 49.8 Å². The van der Waals surface area contributed by atoms with Gasteiger partial charge >= 0.3 is 0 Å². The first-order valence-corrected chi connectivity index (χ1v) is 17.4. The van der Waals surface area contributed by atoms with Crippen LogP contribution in [0.5, 0.6) is 0 Å². The molecule has 10 rings (SSSR count). The standard InChI is InChI=1S/C45H27N3OS/c1-2-10-28(11-3-1)29-20-24-31(25-21-29)43-46-44(48-45(47-43)37-16-8-15-35-34-12-4-6-17-38(34)49-42(35)37)32-26-22-30(23-27-32)33-14-9-19-40-41(33)36-13-5-7-18-39(36)50-40/h1-27H. The van der Waals surface area contributed by atoms with E-state index in [2.05, 4.69) is 127 Å². The Bertz CT molecular complexity index is 2850. The van der Waals surface area contributed by atoms with Gasteiger partial charge in [0.25, 0.3) is 0 Å². The summed E-state index contributed by atoms with van der Waals surface area (Å²) in [5.41, 5.74) is 8.95. The number of nitrogens with zero attached hydrogens (tertiary/aromatic N) is 3. The van der Waals surface area contributed by atoms with Crippen molar-refractivity contribution in [3.63, 3.8) is 0 Å². The number of furan rings is 1. The van der Waals surface area contributed by atoms with E-state index in [4.69, 9.17) is 19.4 Å². The van der Waals surface area contributed by atoms with Crippen LogP contribution in [0, 0.1) is 0 Å². The largest absolute Gasteiger partial charge is 0.455 e. The van der Waals surface area contributed by atoms with Crippen molar-refractivity contribution in [3.8, 4) is 56.4 Å². The first kappa shape index (κ1) is 28.6. The number of thiophene rings is 1. The fourth-order valence-electron chi connectivity index (χ4n) is 6.93. The molecule has 0 N–H and O–H groups in total. The lowest BCUT2D eigenvalue weighted by molar-refractivity contribution is 0.669. The van der Waals surface area contributed by atoms with E-state index in [9.17, 15) is 0 Å². The van der Waals surface area contributed by atoms with Crippen molar-refractivity contribution in [1.29, 1.82) is 0 Å². The zero-order valence-corrected chi connectivity index (χ0v) is 27.6. The highest BCUT2D eigenvalue weighted by Crippen LogP contribution is 2.41. The summed E-state index contributed by atoms with van der Waals surface area (Å²) in [5.74, 6) is 1.78. The smallest absolute Gasteiger partial charge is 0.167 e. The van der Waals surface area contributed by atoms with Gasteiger partial charge in [0.1, 0.15) is 11.2 Å². The summed E-state index contributed by atoms with van der Waals surface area (Å²) in [6.45, 7) is 0. The van der Waals surface area contributed by atoms with Crippen molar-refractivity contribution in [3.05, 3.63) is 164 Å². The maximum Gasteiger partial charge on any atom is 0.167 e. The number of hydrogen-bond donors (Lipinski definition) is 0. The van der Waals surface area contributed by atoms with Crippen LogP contribution in [0.1, 0.15) is 0 Å². The highest BCUT2D eigenvalue weighted by Gasteiger charge is 2.18. The van der Waals surface area contributed by atoms with Crippen molar-refractivity contribution in [2.24, 2.45) is 0 Å². The molecule has 7 aromatic carbocycles. The average molecular weight is 658 g/mol. The third-order valence-corrected chi connectivity index (χ3v) is 10.5. The summed E-state index contributed by atoms with van der Waals surface area (Å²) >= 11 is 1.84. The van der Waals surface area contributed by atoms with E-state index in [0.29, 0.717) is 17.5 Å². The van der Waals surface area contributed by atoms with E-state index < -0.39 is 0 Å². The highest BCUT2D eigenvalue weighted by atomic mass is 32.1. The lowest BCUT2D eigenvalue weighted by Gasteiger charge is -2.10. The van der Waals surface area contributed by atoms with Gasteiger partial charge in [-0.05, 0) is 46.5 Å². The van der Waals surface area contributed by atoms with Crippen LogP contribution in [0.3, 0.4) is 0 Å². The van der Waals surface area contributed by atoms with Crippen LogP contribution in [-0.4, -0.2) is 15.0 Å². The van der Waals surface area contributed by atoms with Gasteiger partial charge in [0, 0.05) is 42.1 Å². The van der Waals surface area contributed by atoms with E-state index in [1.54, 1.807) is 0 Å². The number of rotatable bonds is 5. The van der Waals surface area contributed by atoms with Gasteiger partial charge in [0.15, 0.2) is 17.5 Å². The van der Waals surface area contributed by atoms with E-state index in [1.165, 1.54) is 31.3 Å². The van der Waals surface area contributed by atoms with Crippen molar-refractivity contribution in [2.75, 3.05) is 0 Å². The third-order valence-electron chi connectivity index (χ3n) is 9.39. The van der Waals surface area contributed by atoms with Crippen LogP contribution in [0.25, 0.3) is 98.5 Å². The summed E-state index contributed by atoms with van der Waals surface area (Å²) in [5, 5.41) is 4.69. The summed E-state index contributed by atoms with van der Waals surface area (Å²) in [6.07, 6.45) is 0. The summed E-state index contributed by atoms with van der Waals surface area (Å²) in [7, 11) is 0. The molecule has 3 heterocycles. The monoisotopic (exact) mass is 657 g/mol. The molecule has 0 bridgehead atoms. The predicted octanol–water partition coefficient (Wildman–Crippen LogP) is 12.5. The number of benzene rings is 7. The number of hydrogen-bond acceptors (Lipinski definition) is 5. The van der Waals surface area contributed by atoms with Crippen LogP contribution < -0.4 is 0 Å². The van der Waals surface area contributed by atoms with Gasteiger partial charge < -0.3 is 4.42 Å². The van der Waals surface area contributed by atoms with Gasteiger partial charge in [0.05, 0.1) is 5.56 Å². The SMILES string of the molecule is c1ccc(-c2ccc(-c3nc(-c4ccc(-c5cccc6sc7ccccc7c56)cc4)nc(-c4cccc5c4oc4ccccc45)n3)cc2)cc1. The second kappa shape index (κ2) is 11.6. The molecule has 5 heteroatoms. The topological polar surface area (TPSA) is 51.8 Å². The van der Waals surface area contributed by atoms with Gasteiger partial charge in [-0.3, -0.25) is 0 Å². The van der Waals surface area contributed by atoms with E-state index in [1.807, 2.05) is 47.7 Å². The van der Waals surface area contributed by atoms with Crippen molar-refractivity contribution < 1.29 is 4.42 Å². The molecule has 0 saturated carbocycles. The Labute approximate surface area is 292 Å². The van der Waals surface area contributed by atoms with Gasteiger partial charge in [0.2, 0.25) is 0 Å². The number of aromatic nitrogens is 3. The molecule has 50 heavy (non-hydrogen) atoms. The number of para-hydroxylation sites is 2. The molecule has 0 aliphatic rings. The number of fused-ring (bicyclic) bond motifs is 6. The summed E-state index contributed by atoms with van der Waals surface area (Å²) in [4.78, 5) is 15.2. The Morgan fingerprint density at radius 3 is 1.68 bits per heavy atom. The second-order valence-corrected chi connectivity index (χ2v) is 13.5. The molecular weight excluding hydrogens is 631 g/mol. The van der Waals surface area contributed by atoms with Crippen molar-refractivity contribution >= 4 is 53.4 Å². The van der Waals surface area contributed by atoms with Gasteiger partial charge in [-0.2, -0.15) is 0 Å². The lowest BCUT2D eigenvalue weighted by atomic mass is 9.98. The van der Waals surface area contributed by atoms with Crippen LogP contribution in [-0.2, 0) is 0 Å². The molecule has 0 radical (unpaired) electrons. The van der Waals surface area contributed by atoms with Crippen molar-refractivity contribution in [1.82, 2.24) is 15.0 Å². The Balaban J connectivity index is 1.12. The first-order valence-electron chi connectivity index (χ1n) is 16.6. The third kappa shape index (κ3) is 4.79. The van der Waals surface area contributed by atoms with Gasteiger partial charge in [-0.1, -0.05) is 140 Å². The highest BCUT2D eigenvalue weighted by molar-refractivity contribution is 7.25. The Hall–Kier alpha value is -6.43. The summed E-state index contributed by atoms with van der Waals surface area (Å²) in [6, 6.07) is 56.9. The minimum atomic E-state index is 0.570. The fourth-order valence-corrected chi connectivity index (χ4v) is 8.07. The minimum absolute atomic E-state index is 0.570. The molecule has 0 aliphatic carbocycles. The molecule has 0 atom stereocenters. The molecule has 10 aromatic rings. The molecule has 0 spiro atoms. The second-order valence-electron chi connectivity index (χ2n) is 12.4. The molecule has 3 aromatic heterocycles. The first-order chi connectivity index (χ1) is 24.8. The molecule has 4 nitrogen and oxygen atoms in total. The molecule has 234 valence electrons. The zero-order chi connectivity index (χ0) is 33.0. The van der Waals surface area contributed by atoms with Crippen LogP contribution in [0.15, 0.2) is 168 Å². The molecule has 0 saturated heterocycles. The lowest BCUT2D eigenvalue weighted by Crippen LogP contribution is -2.00. The van der Waals surface area contributed by atoms with E-state index in [-0.39, 0.29) is 0 Å². The average Bonchev–Trinajstić information content (AvgIpc) is 3.77. The Kier molecular flexibility index (Phi) is 6.64.